The van der Waals surface area contributed by atoms with Crippen LogP contribution in [0, 0.1) is 16.7 Å². The summed E-state index contributed by atoms with van der Waals surface area (Å²) in [5, 5.41) is 8.80. The Morgan fingerprint density at radius 3 is 2.00 bits per heavy atom. The van der Waals surface area contributed by atoms with Gasteiger partial charge in [-0.25, -0.2) is 0 Å². The lowest BCUT2D eigenvalue weighted by molar-refractivity contribution is -0.241. The van der Waals surface area contributed by atoms with Gasteiger partial charge in [0.15, 0.2) is 0 Å². The molecular formula is C10H18ClNO2. The second kappa shape index (κ2) is 3.11. The second-order valence-corrected chi connectivity index (χ2v) is 5.23. The van der Waals surface area contributed by atoms with Crippen LogP contribution in [0.5, 0.6) is 0 Å². The van der Waals surface area contributed by atoms with Crippen LogP contribution in [-0.4, -0.2) is 17.1 Å². The number of hydrogen-bond acceptors (Lipinski definition) is 2. The Morgan fingerprint density at radius 1 is 1.29 bits per heavy atom. The molecule has 3 N–H and O–H groups in total. The first kappa shape index (κ1) is 11.8. The predicted octanol–water partition coefficient (Wildman–Crippen LogP) is 1.65. The summed E-state index contributed by atoms with van der Waals surface area (Å²) in [6.07, 6.45) is 3.10. The van der Waals surface area contributed by atoms with E-state index in [1.165, 1.54) is 0 Å². The van der Waals surface area contributed by atoms with Crippen LogP contribution in [0.25, 0.3) is 0 Å². The lowest BCUT2D eigenvalue weighted by Crippen LogP contribution is -2.71. The van der Waals surface area contributed by atoms with Gasteiger partial charge in [-0.2, -0.15) is 0 Å². The normalized spacial score (nSPS) is 40.6. The summed E-state index contributed by atoms with van der Waals surface area (Å²) in [7, 11) is 0. The van der Waals surface area contributed by atoms with Crippen LogP contribution in [0.4, 0.5) is 0 Å². The van der Waals surface area contributed by atoms with Gasteiger partial charge in [-0.1, -0.05) is 13.8 Å². The van der Waals surface area contributed by atoms with Gasteiger partial charge in [0.2, 0.25) is 0 Å². The van der Waals surface area contributed by atoms with Crippen molar-refractivity contribution in [2.45, 2.75) is 39.2 Å². The van der Waals surface area contributed by atoms with Crippen molar-refractivity contribution in [3.8, 4) is 0 Å². The molecule has 14 heavy (non-hydrogen) atoms. The van der Waals surface area contributed by atoms with Crippen molar-refractivity contribution in [1.82, 2.24) is 0 Å². The zero-order chi connectivity index (χ0) is 9.85. The first-order chi connectivity index (χ1) is 5.92. The summed E-state index contributed by atoms with van der Waals surface area (Å²) in [4.78, 5) is 10.7. The van der Waals surface area contributed by atoms with E-state index in [9.17, 15) is 4.79 Å². The molecule has 4 heteroatoms. The molecule has 2 bridgehead atoms. The van der Waals surface area contributed by atoms with Crippen LogP contribution < -0.4 is 5.73 Å². The van der Waals surface area contributed by atoms with E-state index in [-0.39, 0.29) is 17.8 Å². The zero-order valence-corrected chi connectivity index (χ0v) is 9.43. The van der Waals surface area contributed by atoms with Gasteiger partial charge in [0.25, 0.3) is 0 Å². The van der Waals surface area contributed by atoms with Gasteiger partial charge >= 0.3 is 5.97 Å². The van der Waals surface area contributed by atoms with Crippen LogP contribution in [0.3, 0.4) is 0 Å². The molecule has 3 aliphatic rings. The molecule has 0 aromatic heterocycles. The number of rotatable bonds is 3. The molecule has 3 fully saturated rings. The molecule has 1 atom stereocenters. The van der Waals surface area contributed by atoms with E-state index in [1.54, 1.807) is 0 Å². The lowest BCUT2D eigenvalue weighted by atomic mass is 9.30. The minimum absolute atomic E-state index is 0. The molecule has 0 saturated heterocycles. The van der Waals surface area contributed by atoms with E-state index in [0.29, 0.717) is 11.3 Å². The standard InChI is InChI=1S/C10H17NO2.ClH/c1-6(2)9-3-10(4-9,5-9)7(11)8(12)13;/h6-7H,3-5,11H2,1-2H3,(H,12,13);1H/t7-,9?,10?;/m0./s1. The smallest absolute Gasteiger partial charge is 0.321 e. The molecule has 0 unspecified atom stereocenters. The molecule has 0 heterocycles. The molecule has 0 aliphatic heterocycles. The molecule has 0 spiro atoms. The Balaban J connectivity index is 0.000000980. The van der Waals surface area contributed by atoms with E-state index >= 15 is 0 Å². The first-order valence-electron chi connectivity index (χ1n) is 4.90. The molecule has 0 radical (unpaired) electrons. The second-order valence-electron chi connectivity index (χ2n) is 5.23. The van der Waals surface area contributed by atoms with Crippen LogP contribution in [-0.2, 0) is 4.79 Å². The Morgan fingerprint density at radius 2 is 1.71 bits per heavy atom. The first-order valence-corrected chi connectivity index (χ1v) is 4.90. The highest BCUT2D eigenvalue weighted by molar-refractivity contribution is 5.85. The fraction of sp³-hybridized carbons (Fsp3) is 0.900. The quantitative estimate of drug-likeness (QED) is 0.759. The summed E-state index contributed by atoms with van der Waals surface area (Å²) < 4.78 is 0. The zero-order valence-electron chi connectivity index (χ0n) is 8.62. The van der Waals surface area contributed by atoms with E-state index < -0.39 is 12.0 Å². The maximum Gasteiger partial charge on any atom is 0.321 e. The molecule has 3 saturated carbocycles. The fourth-order valence-electron chi connectivity index (χ4n) is 3.15. The number of aliphatic carboxylic acids is 1. The summed E-state index contributed by atoms with van der Waals surface area (Å²) in [5.41, 5.74) is 6.07. The summed E-state index contributed by atoms with van der Waals surface area (Å²) in [6, 6.07) is -0.631. The van der Waals surface area contributed by atoms with Crippen molar-refractivity contribution < 1.29 is 9.90 Å². The Hall–Kier alpha value is -0.280. The van der Waals surface area contributed by atoms with Crippen LogP contribution >= 0.6 is 12.4 Å². The largest absolute Gasteiger partial charge is 0.480 e. The molecule has 82 valence electrons. The van der Waals surface area contributed by atoms with E-state index in [1.807, 2.05) is 0 Å². The van der Waals surface area contributed by atoms with Gasteiger partial charge < -0.3 is 10.8 Å². The number of carbonyl (C=O) groups is 1. The van der Waals surface area contributed by atoms with Crippen molar-refractivity contribution in [3.05, 3.63) is 0 Å². The highest BCUT2D eigenvalue weighted by Crippen LogP contribution is 2.77. The molecule has 0 aromatic carbocycles. The van der Waals surface area contributed by atoms with Gasteiger partial charge in [0.1, 0.15) is 6.04 Å². The van der Waals surface area contributed by atoms with E-state index in [2.05, 4.69) is 13.8 Å². The SMILES string of the molecule is CC(C)C12CC([C@@H](N)C(=O)O)(C1)C2.Cl. The molecule has 0 amide bonds. The summed E-state index contributed by atoms with van der Waals surface area (Å²) in [5.74, 6) is -0.160. The summed E-state index contributed by atoms with van der Waals surface area (Å²) >= 11 is 0. The third kappa shape index (κ3) is 1.18. The number of carboxylic acids is 1. The van der Waals surface area contributed by atoms with Crippen molar-refractivity contribution in [2.75, 3.05) is 0 Å². The monoisotopic (exact) mass is 219 g/mol. The molecule has 3 nitrogen and oxygen atoms in total. The maximum absolute atomic E-state index is 10.7. The number of halogens is 1. The maximum atomic E-state index is 10.7. The van der Waals surface area contributed by atoms with Crippen molar-refractivity contribution in [2.24, 2.45) is 22.5 Å². The average molecular weight is 220 g/mol. The fourth-order valence-corrected chi connectivity index (χ4v) is 3.15. The van der Waals surface area contributed by atoms with Crippen molar-refractivity contribution in [3.63, 3.8) is 0 Å². The Bertz CT molecular complexity index is 245. The highest BCUT2D eigenvalue weighted by atomic mass is 35.5. The molecule has 3 aliphatic carbocycles. The van der Waals surface area contributed by atoms with Gasteiger partial charge in [0.05, 0.1) is 0 Å². The Kier molecular flexibility index (Phi) is 2.62. The lowest BCUT2D eigenvalue weighted by Gasteiger charge is -2.74. The third-order valence-corrected chi connectivity index (χ3v) is 4.26. The van der Waals surface area contributed by atoms with Gasteiger partial charge in [-0.3, -0.25) is 4.79 Å². The van der Waals surface area contributed by atoms with E-state index in [4.69, 9.17) is 10.8 Å². The van der Waals surface area contributed by atoms with Crippen molar-refractivity contribution in [1.29, 1.82) is 0 Å². The average Bonchev–Trinajstić information content (AvgIpc) is 1.79. The third-order valence-electron chi connectivity index (χ3n) is 4.26. The number of carboxylic acid groups (broad SMARTS) is 1. The van der Waals surface area contributed by atoms with Crippen molar-refractivity contribution >= 4 is 18.4 Å². The van der Waals surface area contributed by atoms with Gasteiger partial charge in [0, 0.05) is 0 Å². The number of hydrogen-bond donors (Lipinski definition) is 2. The minimum atomic E-state index is -0.836. The Labute approximate surface area is 90.5 Å². The topological polar surface area (TPSA) is 63.3 Å². The van der Waals surface area contributed by atoms with Gasteiger partial charge in [-0.15, -0.1) is 12.4 Å². The predicted molar refractivity (Wildman–Crippen MR) is 56.4 cm³/mol. The van der Waals surface area contributed by atoms with Crippen LogP contribution in [0.1, 0.15) is 33.1 Å². The number of nitrogens with two attached hydrogens (primary N) is 1. The van der Waals surface area contributed by atoms with E-state index in [0.717, 1.165) is 19.3 Å². The minimum Gasteiger partial charge on any atom is -0.480 e. The van der Waals surface area contributed by atoms with Crippen LogP contribution in [0.2, 0.25) is 0 Å². The van der Waals surface area contributed by atoms with Gasteiger partial charge in [-0.05, 0) is 36.0 Å². The molecular weight excluding hydrogens is 202 g/mol. The molecule has 3 rings (SSSR count). The molecule has 0 aromatic rings. The summed E-state index contributed by atoms with van der Waals surface area (Å²) in [6.45, 7) is 4.44. The highest BCUT2D eigenvalue weighted by Gasteiger charge is 2.71. The van der Waals surface area contributed by atoms with Crippen LogP contribution in [0.15, 0.2) is 0 Å².